The maximum Gasteiger partial charge on any atom is 0.332 e. The van der Waals surface area contributed by atoms with Crippen LogP contribution >= 0.6 is 11.8 Å². The number of aryl methyl sites for hydroxylation is 1. The third-order valence-electron chi connectivity index (χ3n) is 4.70. The molecular formula is C21H19N5O3S. The van der Waals surface area contributed by atoms with Gasteiger partial charge >= 0.3 is 5.69 Å². The van der Waals surface area contributed by atoms with Crippen molar-refractivity contribution in [1.82, 2.24) is 24.1 Å². The van der Waals surface area contributed by atoms with Gasteiger partial charge in [-0.25, -0.2) is 14.8 Å². The molecule has 0 aliphatic rings. The lowest BCUT2D eigenvalue weighted by Gasteiger charge is -2.13. The maximum atomic E-state index is 12.9. The van der Waals surface area contributed by atoms with E-state index in [1.54, 1.807) is 20.4 Å². The lowest BCUT2D eigenvalue weighted by molar-refractivity contribution is 0.416. The molecule has 30 heavy (non-hydrogen) atoms. The number of thioether (sulfide) groups is 1. The van der Waals surface area contributed by atoms with Crippen molar-refractivity contribution < 1.29 is 4.74 Å². The highest BCUT2D eigenvalue weighted by atomic mass is 32.2. The van der Waals surface area contributed by atoms with Crippen LogP contribution in [0.3, 0.4) is 0 Å². The van der Waals surface area contributed by atoms with Crippen molar-refractivity contribution >= 4 is 22.8 Å². The van der Waals surface area contributed by atoms with E-state index in [1.807, 2.05) is 42.5 Å². The fraction of sp³-hybridized carbons (Fsp3) is 0.190. The molecule has 0 unspecified atom stereocenters. The van der Waals surface area contributed by atoms with Crippen LogP contribution in [0.15, 0.2) is 63.3 Å². The minimum absolute atomic E-state index is 0.280. The number of hydrogen-bond donors (Lipinski definition) is 0. The Bertz CT molecular complexity index is 1350. The molecule has 0 bridgehead atoms. The third-order valence-corrected chi connectivity index (χ3v) is 5.71. The molecule has 0 aliphatic carbocycles. The molecule has 152 valence electrons. The van der Waals surface area contributed by atoms with E-state index in [9.17, 15) is 9.59 Å². The average molecular weight is 421 g/mol. The molecule has 3 heterocycles. The SMILES string of the molecule is COc1ccccc1-c1nc(SCc2ccccn2)c2c(=O)n(C)c(=O)n(C)c2n1. The van der Waals surface area contributed by atoms with Gasteiger partial charge in [0, 0.05) is 26.0 Å². The Morgan fingerprint density at radius 1 is 1.00 bits per heavy atom. The average Bonchev–Trinajstić information content (AvgIpc) is 2.80. The summed E-state index contributed by atoms with van der Waals surface area (Å²) in [5.41, 5.74) is 0.938. The molecule has 0 fully saturated rings. The first kappa shape index (κ1) is 19.8. The van der Waals surface area contributed by atoms with Gasteiger partial charge in [0.15, 0.2) is 11.5 Å². The van der Waals surface area contributed by atoms with Crippen LogP contribution in [-0.2, 0) is 19.8 Å². The Morgan fingerprint density at radius 2 is 1.77 bits per heavy atom. The van der Waals surface area contributed by atoms with E-state index in [1.165, 1.54) is 23.4 Å². The summed E-state index contributed by atoms with van der Waals surface area (Å²) in [5, 5.41) is 0.793. The predicted octanol–water partition coefficient (Wildman–Crippen LogP) is 2.39. The van der Waals surface area contributed by atoms with E-state index < -0.39 is 11.2 Å². The fourth-order valence-electron chi connectivity index (χ4n) is 3.11. The molecule has 0 amide bonds. The number of benzene rings is 1. The highest BCUT2D eigenvalue weighted by Gasteiger charge is 2.19. The smallest absolute Gasteiger partial charge is 0.332 e. The first-order valence-electron chi connectivity index (χ1n) is 9.15. The van der Waals surface area contributed by atoms with Crippen LogP contribution in [0.4, 0.5) is 0 Å². The lowest BCUT2D eigenvalue weighted by atomic mass is 10.2. The number of pyridine rings is 1. The van der Waals surface area contributed by atoms with Gasteiger partial charge in [0.2, 0.25) is 0 Å². The molecule has 8 nitrogen and oxygen atoms in total. The van der Waals surface area contributed by atoms with Crippen LogP contribution in [0.5, 0.6) is 5.75 Å². The van der Waals surface area contributed by atoms with Gasteiger partial charge in [0.1, 0.15) is 16.2 Å². The number of aromatic nitrogens is 5. The number of fused-ring (bicyclic) bond motifs is 1. The first-order chi connectivity index (χ1) is 14.5. The van der Waals surface area contributed by atoms with Gasteiger partial charge in [0.05, 0.1) is 18.4 Å². The zero-order valence-corrected chi connectivity index (χ0v) is 17.5. The van der Waals surface area contributed by atoms with Crippen LogP contribution < -0.4 is 16.0 Å². The number of ether oxygens (including phenoxy) is 1. The second-order valence-electron chi connectivity index (χ2n) is 6.57. The topological polar surface area (TPSA) is 91.9 Å². The Balaban J connectivity index is 1.97. The Kier molecular flexibility index (Phi) is 5.37. The van der Waals surface area contributed by atoms with Crippen LogP contribution in [0.25, 0.3) is 22.4 Å². The van der Waals surface area contributed by atoms with E-state index in [0.29, 0.717) is 33.3 Å². The molecule has 4 rings (SSSR count). The van der Waals surface area contributed by atoms with Gasteiger partial charge in [-0.2, -0.15) is 0 Å². The van der Waals surface area contributed by atoms with Crippen molar-refractivity contribution in [3.63, 3.8) is 0 Å². The Morgan fingerprint density at radius 3 is 2.50 bits per heavy atom. The number of para-hydroxylation sites is 1. The molecule has 3 aromatic heterocycles. The van der Waals surface area contributed by atoms with Gasteiger partial charge < -0.3 is 4.74 Å². The van der Waals surface area contributed by atoms with Crippen molar-refractivity contribution in [3.8, 4) is 17.1 Å². The summed E-state index contributed by atoms with van der Waals surface area (Å²) in [4.78, 5) is 39.0. The molecule has 4 aromatic rings. The summed E-state index contributed by atoms with van der Waals surface area (Å²) in [6.07, 6.45) is 1.72. The van der Waals surface area contributed by atoms with E-state index in [0.717, 1.165) is 10.3 Å². The second-order valence-corrected chi connectivity index (χ2v) is 7.53. The number of nitrogens with zero attached hydrogens (tertiary/aromatic N) is 5. The van der Waals surface area contributed by atoms with Crippen molar-refractivity contribution in [3.05, 3.63) is 75.2 Å². The highest BCUT2D eigenvalue weighted by molar-refractivity contribution is 7.98. The quantitative estimate of drug-likeness (QED) is 0.361. The lowest BCUT2D eigenvalue weighted by Crippen LogP contribution is -2.37. The van der Waals surface area contributed by atoms with Gasteiger partial charge in [-0.05, 0) is 24.3 Å². The van der Waals surface area contributed by atoms with Gasteiger partial charge in [-0.1, -0.05) is 30.0 Å². The fourth-order valence-corrected chi connectivity index (χ4v) is 4.04. The number of rotatable bonds is 5. The summed E-state index contributed by atoms with van der Waals surface area (Å²) >= 11 is 1.38. The van der Waals surface area contributed by atoms with Crippen molar-refractivity contribution in [2.24, 2.45) is 14.1 Å². The van der Waals surface area contributed by atoms with Crippen molar-refractivity contribution in [2.75, 3.05) is 7.11 Å². The highest BCUT2D eigenvalue weighted by Crippen LogP contribution is 2.31. The van der Waals surface area contributed by atoms with Crippen LogP contribution in [0.1, 0.15) is 5.69 Å². The van der Waals surface area contributed by atoms with Crippen molar-refractivity contribution in [1.29, 1.82) is 0 Å². The molecule has 0 aliphatic heterocycles. The third kappa shape index (κ3) is 3.48. The normalized spacial score (nSPS) is 11.0. The molecular weight excluding hydrogens is 402 g/mol. The largest absolute Gasteiger partial charge is 0.496 e. The minimum atomic E-state index is -0.446. The molecule has 0 radical (unpaired) electrons. The summed E-state index contributed by atoms with van der Waals surface area (Å²) < 4.78 is 7.88. The van der Waals surface area contributed by atoms with Gasteiger partial charge in [-0.3, -0.25) is 18.9 Å². The maximum absolute atomic E-state index is 12.9. The van der Waals surface area contributed by atoms with E-state index in [2.05, 4.69) is 15.0 Å². The molecule has 0 saturated heterocycles. The Hall–Kier alpha value is -3.46. The van der Waals surface area contributed by atoms with Crippen LogP contribution in [-0.4, -0.2) is 31.2 Å². The molecule has 1 aromatic carbocycles. The summed E-state index contributed by atoms with van der Waals surface area (Å²) in [6, 6.07) is 13.0. The minimum Gasteiger partial charge on any atom is -0.496 e. The Labute approximate surface area is 176 Å². The van der Waals surface area contributed by atoms with E-state index in [-0.39, 0.29) is 5.65 Å². The molecule has 9 heteroatoms. The summed E-state index contributed by atoms with van der Waals surface area (Å²) in [6.45, 7) is 0. The van der Waals surface area contributed by atoms with Gasteiger partial charge in [0.25, 0.3) is 5.56 Å². The van der Waals surface area contributed by atoms with E-state index >= 15 is 0 Å². The number of methoxy groups -OCH3 is 1. The van der Waals surface area contributed by atoms with Crippen molar-refractivity contribution in [2.45, 2.75) is 10.8 Å². The van der Waals surface area contributed by atoms with Gasteiger partial charge in [-0.15, -0.1) is 0 Å². The van der Waals surface area contributed by atoms with Crippen LogP contribution in [0.2, 0.25) is 0 Å². The molecule has 0 spiro atoms. The zero-order chi connectivity index (χ0) is 21.3. The van der Waals surface area contributed by atoms with Crippen LogP contribution in [0, 0.1) is 0 Å². The predicted molar refractivity (Wildman–Crippen MR) is 116 cm³/mol. The van der Waals surface area contributed by atoms with E-state index in [4.69, 9.17) is 4.74 Å². The summed E-state index contributed by atoms with van der Waals surface area (Å²) in [7, 11) is 4.61. The molecule has 0 atom stereocenters. The first-order valence-corrected chi connectivity index (χ1v) is 10.1. The standard InChI is InChI=1S/C21H19N5O3S/c1-25-18-16(20(27)26(2)21(25)28)19(30-12-13-8-6-7-11-22-13)24-17(23-18)14-9-4-5-10-15(14)29-3/h4-11H,12H2,1-3H3. The second kappa shape index (κ2) is 8.11. The molecule has 0 saturated carbocycles. The molecule has 0 N–H and O–H groups in total. The summed E-state index contributed by atoms with van der Waals surface area (Å²) in [5.74, 6) is 1.50. The monoisotopic (exact) mass is 421 g/mol. The zero-order valence-electron chi connectivity index (χ0n) is 16.7. The number of hydrogen-bond acceptors (Lipinski definition) is 7.